The van der Waals surface area contributed by atoms with Gasteiger partial charge in [0, 0.05) is 49.7 Å². The number of methoxy groups -OCH3 is 2. The van der Waals surface area contributed by atoms with E-state index in [1.54, 1.807) is 20.3 Å². The number of benzene rings is 1. The molecule has 1 aromatic heterocycles. The average molecular weight is 435 g/mol. The van der Waals surface area contributed by atoms with Crippen molar-refractivity contribution in [2.75, 3.05) is 64.2 Å². The van der Waals surface area contributed by atoms with E-state index in [0.717, 1.165) is 5.39 Å². The Balaban J connectivity index is 1.59. The van der Waals surface area contributed by atoms with E-state index in [0.29, 0.717) is 61.5 Å². The molecule has 0 saturated carbocycles. The number of nitrogens with two attached hydrogens (primary N) is 1. The van der Waals surface area contributed by atoms with Gasteiger partial charge in [-0.05, 0) is 26.8 Å². The van der Waals surface area contributed by atoms with Crippen molar-refractivity contribution in [2.24, 2.45) is 0 Å². The first-order valence-electron chi connectivity index (χ1n) is 10.5. The van der Waals surface area contributed by atoms with Gasteiger partial charge in [0.2, 0.25) is 5.95 Å². The number of aliphatic hydroxyl groups excluding tert-OH is 1. The van der Waals surface area contributed by atoms with Crippen LogP contribution in [0.3, 0.4) is 0 Å². The molecule has 0 spiro atoms. The van der Waals surface area contributed by atoms with E-state index < -0.39 is 6.10 Å². The van der Waals surface area contributed by atoms with E-state index in [-0.39, 0.29) is 12.1 Å². The lowest BCUT2D eigenvalue weighted by molar-refractivity contribution is -0.180. The number of nitrogen functional groups attached to an aromatic ring is 1. The lowest BCUT2D eigenvalue weighted by atomic mass is 10.1. The number of rotatable bonds is 8. The van der Waals surface area contributed by atoms with E-state index in [4.69, 9.17) is 20.0 Å². The third-order valence-electron chi connectivity index (χ3n) is 5.06. The Labute approximate surface area is 183 Å². The molecule has 0 radical (unpaired) electrons. The van der Waals surface area contributed by atoms with Gasteiger partial charge in [-0.2, -0.15) is 10.0 Å². The minimum Gasteiger partial charge on any atom is -0.493 e. The number of piperazine rings is 1. The van der Waals surface area contributed by atoms with Crippen LogP contribution in [0, 0.1) is 0 Å². The number of nitrogens with one attached hydrogen (secondary N) is 1. The van der Waals surface area contributed by atoms with Gasteiger partial charge in [-0.25, -0.2) is 4.98 Å². The van der Waals surface area contributed by atoms with Crippen LogP contribution >= 0.6 is 0 Å². The van der Waals surface area contributed by atoms with Crippen molar-refractivity contribution in [3.05, 3.63) is 12.1 Å². The molecule has 2 heterocycles. The van der Waals surface area contributed by atoms with Crippen molar-refractivity contribution in [3.63, 3.8) is 0 Å². The highest BCUT2D eigenvalue weighted by Crippen LogP contribution is 2.34. The third kappa shape index (κ3) is 6.07. The zero-order chi connectivity index (χ0) is 22.6. The summed E-state index contributed by atoms with van der Waals surface area (Å²) >= 11 is 0. The number of anilines is 2. The molecule has 31 heavy (non-hydrogen) atoms. The normalized spacial score (nSPS) is 16.5. The molecule has 0 bridgehead atoms. The summed E-state index contributed by atoms with van der Waals surface area (Å²) in [4.78, 5) is 17.0. The van der Waals surface area contributed by atoms with Crippen LogP contribution in [0.2, 0.25) is 0 Å². The Bertz CT molecular complexity index is 880. The Morgan fingerprint density at radius 3 is 2.35 bits per heavy atom. The minimum absolute atomic E-state index is 0.0382. The number of hydrogen-bond donors (Lipinski definition) is 3. The highest BCUT2D eigenvalue weighted by Gasteiger charge is 2.22. The number of ether oxygens (including phenoxy) is 2. The average Bonchev–Trinajstić information content (AvgIpc) is 2.75. The van der Waals surface area contributed by atoms with Crippen LogP contribution in [0.25, 0.3) is 10.9 Å². The lowest BCUT2D eigenvalue weighted by Crippen LogP contribution is -2.48. The maximum atomic E-state index is 10.1. The maximum absolute atomic E-state index is 10.1. The summed E-state index contributed by atoms with van der Waals surface area (Å²) in [5.41, 5.74) is 6.87. The summed E-state index contributed by atoms with van der Waals surface area (Å²) in [5.74, 6) is 2.15. The third-order valence-corrected chi connectivity index (χ3v) is 5.06. The largest absolute Gasteiger partial charge is 0.493 e. The molecule has 4 N–H and O–H groups in total. The van der Waals surface area contributed by atoms with Gasteiger partial charge in [-0.3, -0.25) is 4.84 Å². The van der Waals surface area contributed by atoms with Crippen LogP contribution in [-0.4, -0.2) is 85.3 Å². The first-order valence-corrected chi connectivity index (χ1v) is 10.5. The molecule has 1 saturated heterocycles. The summed E-state index contributed by atoms with van der Waals surface area (Å²) in [7, 11) is 3.17. The topological polar surface area (TPSA) is 118 Å². The molecule has 2 aromatic rings. The highest BCUT2D eigenvalue weighted by molar-refractivity contribution is 5.91. The summed E-state index contributed by atoms with van der Waals surface area (Å²) in [6.45, 7) is 9.66. The van der Waals surface area contributed by atoms with Crippen LogP contribution in [-0.2, 0) is 4.84 Å². The summed E-state index contributed by atoms with van der Waals surface area (Å²) in [5, 5.41) is 16.0. The fourth-order valence-corrected chi connectivity index (χ4v) is 3.30. The van der Waals surface area contributed by atoms with E-state index in [2.05, 4.69) is 41.0 Å². The Hall–Kier alpha value is -2.40. The van der Waals surface area contributed by atoms with Crippen molar-refractivity contribution >= 4 is 22.7 Å². The van der Waals surface area contributed by atoms with Crippen molar-refractivity contribution < 1.29 is 19.4 Å². The smallest absolute Gasteiger partial charge is 0.227 e. The highest BCUT2D eigenvalue weighted by atomic mass is 16.7. The fourth-order valence-electron chi connectivity index (χ4n) is 3.30. The molecule has 1 aliphatic rings. The van der Waals surface area contributed by atoms with Gasteiger partial charge < -0.3 is 30.5 Å². The molecule has 0 aliphatic carbocycles. The van der Waals surface area contributed by atoms with Crippen molar-refractivity contribution in [1.29, 1.82) is 0 Å². The maximum Gasteiger partial charge on any atom is 0.227 e. The standard InChI is InChI=1S/C21H34N6O4/c1-21(2,3)23-12-14(28)13-31-27-8-6-26(7-9-27)20-24-16-11-18(30-5)17(29-4)10-15(16)19(22)25-20/h10-11,14,23,28H,6-9,12-13H2,1-5H3,(H2,22,24,25). The molecule has 10 heteroatoms. The molecule has 10 nitrogen and oxygen atoms in total. The second-order valence-corrected chi connectivity index (χ2v) is 8.63. The van der Waals surface area contributed by atoms with Crippen LogP contribution in [0.15, 0.2) is 12.1 Å². The van der Waals surface area contributed by atoms with Gasteiger partial charge in [0.25, 0.3) is 0 Å². The molecular weight excluding hydrogens is 400 g/mol. The Kier molecular flexibility index (Phi) is 7.37. The molecule has 1 unspecified atom stereocenters. The van der Waals surface area contributed by atoms with E-state index in [9.17, 15) is 5.11 Å². The molecule has 3 rings (SSSR count). The van der Waals surface area contributed by atoms with Crippen LogP contribution in [0.5, 0.6) is 11.5 Å². The zero-order valence-electron chi connectivity index (χ0n) is 19.0. The number of nitrogens with zero attached hydrogens (tertiary/aromatic N) is 4. The van der Waals surface area contributed by atoms with Gasteiger partial charge >= 0.3 is 0 Å². The quantitative estimate of drug-likeness (QED) is 0.556. The Morgan fingerprint density at radius 2 is 1.74 bits per heavy atom. The number of β-amino-alcohol motifs (C(OH)–C–C–N with tert-alkyl or cyclic N) is 1. The molecule has 1 aromatic carbocycles. The molecule has 1 aliphatic heterocycles. The van der Waals surface area contributed by atoms with Crippen LogP contribution in [0.4, 0.5) is 11.8 Å². The van der Waals surface area contributed by atoms with E-state index in [1.807, 2.05) is 11.1 Å². The number of aliphatic hydroxyl groups is 1. The fraction of sp³-hybridized carbons (Fsp3) is 0.619. The predicted molar refractivity (Wildman–Crippen MR) is 121 cm³/mol. The minimum atomic E-state index is -0.562. The number of hydroxylamine groups is 2. The van der Waals surface area contributed by atoms with Gasteiger partial charge in [0.05, 0.1) is 32.4 Å². The van der Waals surface area contributed by atoms with E-state index >= 15 is 0 Å². The predicted octanol–water partition coefficient (Wildman–Crippen LogP) is 1.03. The molecule has 1 atom stereocenters. The second-order valence-electron chi connectivity index (χ2n) is 8.63. The second kappa shape index (κ2) is 9.82. The summed E-state index contributed by atoms with van der Waals surface area (Å²) in [6, 6.07) is 3.60. The van der Waals surface area contributed by atoms with E-state index in [1.165, 1.54) is 0 Å². The van der Waals surface area contributed by atoms with Crippen LogP contribution in [0.1, 0.15) is 20.8 Å². The van der Waals surface area contributed by atoms with Gasteiger partial charge in [-0.15, -0.1) is 0 Å². The summed E-state index contributed by atoms with van der Waals surface area (Å²) in [6.07, 6.45) is -0.562. The first kappa shape index (κ1) is 23.3. The Morgan fingerprint density at radius 1 is 1.10 bits per heavy atom. The molecule has 172 valence electrons. The zero-order valence-corrected chi connectivity index (χ0v) is 19.0. The first-order chi connectivity index (χ1) is 14.7. The summed E-state index contributed by atoms with van der Waals surface area (Å²) < 4.78 is 10.7. The number of hydrogen-bond acceptors (Lipinski definition) is 10. The monoisotopic (exact) mass is 434 g/mol. The lowest BCUT2D eigenvalue weighted by Gasteiger charge is -2.34. The van der Waals surface area contributed by atoms with Crippen LogP contribution < -0.4 is 25.4 Å². The molecule has 1 fully saturated rings. The number of aromatic nitrogens is 2. The SMILES string of the molecule is COc1cc2nc(N3CCN(OCC(O)CNC(C)(C)C)CC3)nc(N)c2cc1OC. The molecular formula is C21H34N6O4. The van der Waals surface area contributed by atoms with Crippen molar-refractivity contribution in [1.82, 2.24) is 20.3 Å². The van der Waals surface area contributed by atoms with Gasteiger partial charge in [0.1, 0.15) is 5.82 Å². The van der Waals surface area contributed by atoms with Gasteiger partial charge in [-0.1, -0.05) is 0 Å². The van der Waals surface area contributed by atoms with Crippen molar-refractivity contribution in [3.8, 4) is 11.5 Å². The number of fused-ring (bicyclic) bond motifs is 1. The van der Waals surface area contributed by atoms with Gasteiger partial charge in [0.15, 0.2) is 11.5 Å². The molecule has 0 amide bonds. The van der Waals surface area contributed by atoms with Crippen molar-refractivity contribution in [2.45, 2.75) is 32.4 Å².